The van der Waals surface area contributed by atoms with Gasteiger partial charge in [-0.15, -0.1) is 0 Å². The van der Waals surface area contributed by atoms with Crippen LogP contribution in [-0.4, -0.2) is 37.2 Å². The number of fused-ring (bicyclic) bond motifs is 1. The second kappa shape index (κ2) is 10.4. The number of halogens is 3. The molecule has 0 spiro atoms. The lowest BCUT2D eigenvalue weighted by atomic mass is 10.1. The summed E-state index contributed by atoms with van der Waals surface area (Å²) in [5.74, 6) is 0.751. The number of amides is 1. The molecule has 3 aromatic heterocycles. The van der Waals surface area contributed by atoms with E-state index in [0.29, 0.717) is 41.9 Å². The fraction of sp³-hybridized carbons (Fsp3) is 0.261. The number of imidazole rings is 1. The number of carbonyl (C=O) groups excluding carboxylic acids is 1. The number of pyridine rings is 1. The Morgan fingerprint density at radius 2 is 1.91 bits per heavy atom. The number of unbranched alkanes of at least 4 members (excludes halogenated alkanes) is 1. The number of benzene rings is 1. The largest absolute Gasteiger partial charge is 0.450 e. The van der Waals surface area contributed by atoms with Gasteiger partial charge in [-0.3, -0.25) is 4.98 Å². The minimum Gasteiger partial charge on any atom is -0.450 e. The van der Waals surface area contributed by atoms with Crippen molar-refractivity contribution in [1.29, 1.82) is 0 Å². The molecule has 0 aliphatic heterocycles. The number of nitrogens with one attached hydrogen (secondary N) is 1. The van der Waals surface area contributed by atoms with Crippen LogP contribution in [0.1, 0.15) is 24.0 Å². The Morgan fingerprint density at radius 1 is 1.11 bits per heavy atom. The Hall–Kier alpha value is -4.22. The highest BCUT2D eigenvalue weighted by molar-refractivity contribution is 5.83. The van der Waals surface area contributed by atoms with Gasteiger partial charge in [0.05, 0.1) is 18.5 Å². The van der Waals surface area contributed by atoms with Gasteiger partial charge in [0.25, 0.3) is 0 Å². The Balaban J connectivity index is 1.25. The van der Waals surface area contributed by atoms with Crippen molar-refractivity contribution in [1.82, 2.24) is 29.8 Å². The van der Waals surface area contributed by atoms with Crippen LogP contribution in [0, 0.1) is 0 Å². The lowest BCUT2D eigenvalue weighted by Gasteiger charge is -2.10. The van der Waals surface area contributed by atoms with E-state index in [4.69, 9.17) is 10.5 Å². The second-order valence-corrected chi connectivity index (χ2v) is 7.67. The minimum atomic E-state index is -4.44. The van der Waals surface area contributed by atoms with Gasteiger partial charge in [-0.1, -0.05) is 12.1 Å². The number of hydrogen-bond donors (Lipinski definition) is 2. The highest BCUT2D eigenvalue weighted by Gasteiger charge is 2.30. The minimum absolute atomic E-state index is 0.0648. The molecule has 1 amide bonds. The fourth-order valence-electron chi connectivity index (χ4n) is 3.39. The molecule has 182 valence electrons. The Bertz CT molecular complexity index is 1310. The van der Waals surface area contributed by atoms with Crippen LogP contribution >= 0.6 is 0 Å². The molecule has 0 saturated heterocycles. The maximum Gasteiger partial charge on any atom is 0.416 e. The molecule has 0 saturated carbocycles. The number of rotatable bonds is 8. The van der Waals surface area contributed by atoms with Crippen molar-refractivity contribution >= 4 is 23.1 Å². The molecule has 0 radical (unpaired) electrons. The van der Waals surface area contributed by atoms with E-state index in [0.717, 1.165) is 17.7 Å². The van der Waals surface area contributed by atoms with E-state index in [1.165, 1.54) is 12.1 Å². The van der Waals surface area contributed by atoms with Crippen LogP contribution in [-0.2, 0) is 24.0 Å². The van der Waals surface area contributed by atoms with Crippen LogP contribution in [0.5, 0.6) is 0 Å². The van der Waals surface area contributed by atoms with Crippen molar-refractivity contribution in [3.8, 4) is 11.4 Å². The molecule has 35 heavy (non-hydrogen) atoms. The van der Waals surface area contributed by atoms with Crippen LogP contribution in [0.4, 0.5) is 23.8 Å². The van der Waals surface area contributed by atoms with Gasteiger partial charge >= 0.3 is 12.3 Å². The van der Waals surface area contributed by atoms with Crippen LogP contribution in [0.15, 0.2) is 55.1 Å². The third-order valence-electron chi connectivity index (χ3n) is 5.15. The Kier molecular flexibility index (Phi) is 7.09. The molecular weight excluding hydrogens is 463 g/mol. The summed E-state index contributed by atoms with van der Waals surface area (Å²) in [4.78, 5) is 29.0. The smallest absolute Gasteiger partial charge is 0.416 e. The maximum atomic E-state index is 12.8. The van der Waals surface area contributed by atoms with E-state index >= 15 is 0 Å². The third-order valence-corrected chi connectivity index (χ3v) is 5.15. The quantitative estimate of drug-likeness (QED) is 0.359. The first kappa shape index (κ1) is 23.9. The van der Waals surface area contributed by atoms with Gasteiger partial charge in [-0.05, 0) is 42.7 Å². The van der Waals surface area contributed by atoms with E-state index in [9.17, 15) is 18.0 Å². The van der Waals surface area contributed by atoms with E-state index in [1.807, 2.05) is 4.57 Å². The number of anilines is 1. The van der Waals surface area contributed by atoms with Gasteiger partial charge in [0.2, 0.25) is 0 Å². The summed E-state index contributed by atoms with van der Waals surface area (Å²) in [6.45, 7) is 0.656. The Labute approximate surface area is 198 Å². The number of carbonyl (C=O) groups is 1. The zero-order valence-electron chi connectivity index (χ0n) is 18.5. The number of aryl methyl sites for hydroxylation is 1. The fourth-order valence-corrected chi connectivity index (χ4v) is 3.39. The van der Waals surface area contributed by atoms with Gasteiger partial charge in [-0.25, -0.2) is 19.7 Å². The molecule has 0 unspecified atom stereocenters. The molecule has 3 N–H and O–H groups in total. The second-order valence-electron chi connectivity index (χ2n) is 7.67. The molecule has 0 atom stereocenters. The standard InChI is InChI=1S/C23H22F3N7O2/c24-23(25,26)17-5-3-4-15(12-17)13-29-22(34)35-11-2-1-10-33-14-30-18-19(27)31-20(32-21(18)33)16-6-8-28-9-7-16/h3-9,12,14H,1-2,10-11,13H2,(H,29,34)(H2,27,31,32). The van der Waals surface area contributed by atoms with Crippen molar-refractivity contribution in [2.75, 3.05) is 12.3 Å². The zero-order chi connectivity index (χ0) is 24.8. The van der Waals surface area contributed by atoms with Gasteiger partial charge in [0, 0.05) is 31.0 Å². The first-order chi connectivity index (χ1) is 16.8. The van der Waals surface area contributed by atoms with Crippen LogP contribution in [0.25, 0.3) is 22.6 Å². The molecule has 4 aromatic rings. The number of hydrogen-bond acceptors (Lipinski definition) is 7. The summed E-state index contributed by atoms with van der Waals surface area (Å²) in [7, 11) is 0. The number of nitrogens with two attached hydrogens (primary N) is 1. The first-order valence-corrected chi connectivity index (χ1v) is 10.8. The van der Waals surface area contributed by atoms with Crippen molar-refractivity contribution in [2.45, 2.75) is 32.1 Å². The predicted octanol–water partition coefficient (Wildman–Crippen LogP) is 4.20. The molecule has 9 nitrogen and oxygen atoms in total. The lowest BCUT2D eigenvalue weighted by Crippen LogP contribution is -2.24. The molecule has 0 aliphatic rings. The van der Waals surface area contributed by atoms with E-state index in [1.54, 1.807) is 30.9 Å². The summed E-state index contributed by atoms with van der Waals surface area (Å²) < 4.78 is 45.3. The lowest BCUT2D eigenvalue weighted by molar-refractivity contribution is -0.137. The van der Waals surface area contributed by atoms with Crippen molar-refractivity contribution in [3.05, 3.63) is 66.2 Å². The number of nitrogen functional groups attached to an aromatic ring is 1. The predicted molar refractivity (Wildman–Crippen MR) is 122 cm³/mol. The third kappa shape index (κ3) is 6.02. The van der Waals surface area contributed by atoms with Gasteiger partial charge < -0.3 is 20.4 Å². The SMILES string of the molecule is Nc1nc(-c2ccncc2)nc2c1ncn2CCCCOC(=O)NCc1cccc(C(F)(F)F)c1. The van der Waals surface area contributed by atoms with Crippen LogP contribution in [0.2, 0.25) is 0 Å². The van der Waals surface area contributed by atoms with Crippen LogP contribution in [0.3, 0.4) is 0 Å². The summed E-state index contributed by atoms with van der Waals surface area (Å²) in [5, 5.41) is 2.46. The average Bonchev–Trinajstić information content (AvgIpc) is 3.26. The maximum absolute atomic E-state index is 12.8. The zero-order valence-corrected chi connectivity index (χ0v) is 18.5. The Morgan fingerprint density at radius 3 is 2.69 bits per heavy atom. The van der Waals surface area contributed by atoms with Crippen molar-refractivity contribution in [3.63, 3.8) is 0 Å². The van der Waals surface area contributed by atoms with E-state index < -0.39 is 17.8 Å². The topological polar surface area (TPSA) is 121 Å². The first-order valence-electron chi connectivity index (χ1n) is 10.8. The number of aromatic nitrogens is 5. The molecule has 0 fully saturated rings. The summed E-state index contributed by atoms with van der Waals surface area (Å²) in [6, 6.07) is 8.34. The molecule has 1 aromatic carbocycles. The molecule has 3 heterocycles. The number of ether oxygens (including phenoxy) is 1. The molecular formula is C23H22F3N7O2. The van der Waals surface area contributed by atoms with Crippen molar-refractivity contribution < 1.29 is 22.7 Å². The highest BCUT2D eigenvalue weighted by atomic mass is 19.4. The summed E-state index contributed by atoms with van der Waals surface area (Å²) in [5.41, 5.74) is 7.51. The van der Waals surface area contributed by atoms with E-state index in [2.05, 4.69) is 25.3 Å². The van der Waals surface area contributed by atoms with Crippen LogP contribution < -0.4 is 11.1 Å². The number of nitrogens with zero attached hydrogens (tertiary/aromatic N) is 5. The summed E-state index contributed by atoms with van der Waals surface area (Å²) >= 11 is 0. The molecule has 12 heteroatoms. The molecule has 4 rings (SSSR count). The molecule has 0 aliphatic carbocycles. The molecule has 0 bridgehead atoms. The van der Waals surface area contributed by atoms with Gasteiger partial charge in [0.15, 0.2) is 17.3 Å². The highest BCUT2D eigenvalue weighted by Crippen LogP contribution is 2.29. The number of alkyl halides is 3. The normalized spacial score (nSPS) is 11.5. The van der Waals surface area contributed by atoms with Crippen molar-refractivity contribution in [2.24, 2.45) is 0 Å². The average molecular weight is 485 g/mol. The van der Waals surface area contributed by atoms with E-state index in [-0.39, 0.29) is 19.0 Å². The monoisotopic (exact) mass is 485 g/mol. The summed E-state index contributed by atoms with van der Waals surface area (Å²) in [6.07, 6.45) is 1.02. The van der Waals surface area contributed by atoms with Gasteiger partial charge in [-0.2, -0.15) is 13.2 Å². The van der Waals surface area contributed by atoms with Gasteiger partial charge in [0.1, 0.15) is 5.52 Å². The number of alkyl carbamates (subject to hydrolysis) is 1.